The van der Waals surface area contributed by atoms with Gasteiger partial charge >= 0.3 is 0 Å². The normalized spacial score (nSPS) is 18.5. The number of H-pyrrole nitrogens is 2. The number of carbonyl (C=O) groups is 2. The second-order valence-corrected chi connectivity index (χ2v) is 19.5. The number of hydrogen-bond donors (Lipinski definition) is 4. The monoisotopic (exact) mass is 1050 g/mol. The molecule has 4 N–H and O–H groups in total. The van der Waals surface area contributed by atoms with Gasteiger partial charge in [0.2, 0.25) is 11.8 Å². The van der Waals surface area contributed by atoms with E-state index in [-0.39, 0.29) is 35.0 Å². The van der Waals surface area contributed by atoms with Gasteiger partial charge < -0.3 is 20.6 Å². The molecule has 4 aromatic carbocycles. The summed E-state index contributed by atoms with van der Waals surface area (Å²) in [5.74, 6) is 1.76. The number of amides is 2. The first-order valence-corrected chi connectivity index (χ1v) is 23.1. The first-order chi connectivity index (χ1) is 29.9. The molecular weight excluding hydrogens is 1010 g/mol. The molecule has 10 rings (SSSR count). The Morgan fingerprint density at radius 3 is 1.60 bits per heavy atom. The molecule has 14 heteroatoms. The van der Waals surface area contributed by atoms with Crippen LogP contribution < -0.4 is 21.8 Å². The quantitative estimate of drug-likeness (QED) is 0.111. The standard InChI is InChI=1S/C24H22I2N4O2.C24H24N4O2/c1-12(2)7-19-22-29-21-16(9-14(25)10-17(21)26)24(32)30(22)20(23(31)28-19)8-13-11-27-18-6-4-3-5-15(13)18;1-14(2)11-20-22-26-19-10-6-4-8-17(19)24(30)28(22)21(23(29)27-20)12-15-13-25-18-9-5-3-7-16(15)18/h3-6,9-12,19-20,27H,7-8H2,1-2H3,(H,28,31);3-10,13-14,20-21,25H,11-12H2,1-2H3,(H,27,29)/t19-,20+;20-,21-/m01/s1. The number of benzene rings is 4. The third-order valence-electron chi connectivity index (χ3n) is 11.9. The minimum absolute atomic E-state index is 0.127. The summed E-state index contributed by atoms with van der Waals surface area (Å²) in [7, 11) is 0. The Labute approximate surface area is 384 Å². The van der Waals surface area contributed by atoms with Crippen LogP contribution >= 0.6 is 45.2 Å². The van der Waals surface area contributed by atoms with Crippen LogP contribution in [0.4, 0.5) is 0 Å². The van der Waals surface area contributed by atoms with Gasteiger partial charge in [-0.15, -0.1) is 0 Å². The smallest absolute Gasteiger partial charge is 0.262 e. The number of fused-ring (bicyclic) bond motifs is 6. The highest BCUT2D eigenvalue weighted by molar-refractivity contribution is 14.1. The Hall–Kier alpha value is -5.36. The molecule has 0 saturated heterocycles. The van der Waals surface area contributed by atoms with E-state index in [1.54, 1.807) is 15.2 Å². The third kappa shape index (κ3) is 7.84. The van der Waals surface area contributed by atoms with Crippen LogP contribution in [0.1, 0.15) is 87.5 Å². The Morgan fingerprint density at radius 1 is 0.597 bits per heavy atom. The van der Waals surface area contributed by atoms with Gasteiger partial charge in [0.05, 0.1) is 33.9 Å². The molecule has 0 spiro atoms. The molecule has 2 amide bonds. The van der Waals surface area contributed by atoms with Crippen molar-refractivity contribution in [3.05, 3.63) is 148 Å². The van der Waals surface area contributed by atoms with E-state index in [1.807, 2.05) is 91.3 Å². The lowest BCUT2D eigenvalue weighted by Crippen LogP contribution is -2.48. The zero-order valence-electron chi connectivity index (χ0n) is 34.7. The number of nitrogens with zero attached hydrogens (tertiary/aromatic N) is 4. The van der Waals surface area contributed by atoms with Crippen LogP contribution in [0.15, 0.2) is 107 Å². The zero-order valence-corrected chi connectivity index (χ0v) is 39.0. The molecular formula is C48H46I2N8O4. The van der Waals surface area contributed by atoms with Gasteiger partial charge in [0.25, 0.3) is 11.1 Å². The van der Waals surface area contributed by atoms with Gasteiger partial charge in [0.1, 0.15) is 23.7 Å². The molecule has 6 heterocycles. The number of halogens is 2. The highest BCUT2D eigenvalue weighted by Gasteiger charge is 2.38. The highest BCUT2D eigenvalue weighted by Crippen LogP contribution is 2.34. The molecule has 0 unspecified atom stereocenters. The predicted molar refractivity (Wildman–Crippen MR) is 260 cm³/mol. The summed E-state index contributed by atoms with van der Waals surface area (Å²) in [4.78, 5) is 70.1. The van der Waals surface area contributed by atoms with E-state index in [0.717, 1.165) is 52.9 Å². The number of para-hydroxylation sites is 3. The largest absolute Gasteiger partial charge is 0.361 e. The molecule has 0 aliphatic carbocycles. The van der Waals surface area contributed by atoms with Gasteiger partial charge in [-0.2, -0.15) is 0 Å². The Balaban J connectivity index is 0.000000158. The van der Waals surface area contributed by atoms with Crippen molar-refractivity contribution in [1.29, 1.82) is 0 Å². The lowest BCUT2D eigenvalue weighted by Gasteiger charge is -2.33. The molecule has 2 aliphatic heterocycles. The van der Waals surface area contributed by atoms with Crippen LogP contribution in [0.2, 0.25) is 0 Å². The van der Waals surface area contributed by atoms with Gasteiger partial charge in [0, 0.05) is 54.2 Å². The maximum absolute atomic E-state index is 13.8. The fourth-order valence-corrected chi connectivity index (χ4v) is 11.0. The number of rotatable bonds is 8. The van der Waals surface area contributed by atoms with Crippen molar-refractivity contribution < 1.29 is 9.59 Å². The molecule has 0 bridgehead atoms. The number of aromatic nitrogens is 6. The number of nitrogens with one attached hydrogen (secondary N) is 4. The van der Waals surface area contributed by atoms with Crippen molar-refractivity contribution in [3.63, 3.8) is 0 Å². The van der Waals surface area contributed by atoms with Crippen molar-refractivity contribution in [1.82, 2.24) is 39.7 Å². The van der Waals surface area contributed by atoms with Gasteiger partial charge in [-0.05, 0) is 117 Å². The average Bonchev–Trinajstić information content (AvgIpc) is 3.85. The molecule has 8 aromatic rings. The summed E-state index contributed by atoms with van der Waals surface area (Å²) in [6.45, 7) is 8.43. The Morgan fingerprint density at radius 2 is 1.06 bits per heavy atom. The highest BCUT2D eigenvalue weighted by atomic mass is 127. The topological polar surface area (TPSA) is 160 Å². The Bertz CT molecular complexity index is 3170. The van der Waals surface area contributed by atoms with Crippen molar-refractivity contribution in [3.8, 4) is 0 Å². The number of carbonyl (C=O) groups excluding carboxylic acids is 2. The second kappa shape index (κ2) is 17.1. The minimum Gasteiger partial charge on any atom is -0.361 e. The van der Waals surface area contributed by atoms with E-state index in [1.165, 1.54) is 0 Å². The van der Waals surface area contributed by atoms with Gasteiger partial charge in [-0.25, -0.2) is 9.97 Å². The summed E-state index contributed by atoms with van der Waals surface area (Å²) in [6, 6.07) is 25.4. The lowest BCUT2D eigenvalue weighted by molar-refractivity contribution is -0.127. The second-order valence-electron chi connectivity index (χ2n) is 17.1. The summed E-state index contributed by atoms with van der Waals surface area (Å²) in [5.41, 5.74) is 5.15. The molecule has 12 nitrogen and oxygen atoms in total. The third-order valence-corrected chi connectivity index (χ3v) is 13.3. The summed E-state index contributed by atoms with van der Waals surface area (Å²) in [6.07, 6.45) is 6.17. The summed E-state index contributed by atoms with van der Waals surface area (Å²) >= 11 is 4.46. The van der Waals surface area contributed by atoms with E-state index in [0.29, 0.717) is 58.1 Å². The fraction of sp³-hybridized carbons (Fsp3) is 0.292. The van der Waals surface area contributed by atoms with E-state index >= 15 is 0 Å². The predicted octanol–water partition coefficient (Wildman–Crippen LogP) is 8.97. The number of aromatic amines is 2. The van der Waals surface area contributed by atoms with E-state index in [4.69, 9.17) is 9.97 Å². The van der Waals surface area contributed by atoms with Crippen LogP contribution in [0, 0.1) is 19.0 Å². The zero-order chi connectivity index (χ0) is 43.4. The molecule has 316 valence electrons. The van der Waals surface area contributed by atoms with E-state index in [2.05, 4.69) is 93.5 Å². The SMILES string of the molecule is CC(C)C[C@@H]1NC(=O)[C@@H](Cc2c[nH]c3ccccc23)n2c1nc1c(I)cc(I)cc1c2=O.CC(C)C[C@H]1NC(=O)[C@@H](Cc2c[nH]c3ccccc23)n2c1nc1ccccc1c2=O. The first kappa shape index (κ1) is 42.0. The Kier molecular flexibility index (Phi) is 11.6. The minimum atomic E-state index is -0.646. The lowest BCUT2D eigenvalue weighted by atomic mass is 9.96. The summed E-state index contributed by atoms with van der Waals surface area (Å²) in [5, 5.41) is 9.54. The van der Waals surface area contributed by atoms with Gasteiger partial charge in [-0.1, -0.05) is 76.2 Å². The fourth-order valence-electron chi connectivity index (χ4n) is 9.06. The van der Waals surface area contributed by atoms with Crippen molar-refractivity contribution in [2.75, 3.05) is 0 Å². The number of hydrogen-bond acceptors (Lipinski definition) is 6. The first-order valence-electron chi connectivity index (χ1n) is 21.0. The van der Waals surface area contributed by atoms with E-state index in [9.17, 15) is 19.2 Å². The molecule has 2 aliphatic rings. The molecule has 0 saturated carbocycles. The van der Waals surface area contributed by atoms with Crippen molar-refractivity contribution in [2.24, 2.45) is 11.8 Å². The maximum atomic E-state index is 13.8. The van der Waals surface area contributed by atoms with Crippen LogP contribution in [0.3, 0.4) is 0 Å². The van der Waals surface area contributed by atoms with Crippen molar-refractivity contribution >= 4 is 101 Å². The molecule has 4 aromatic heterocycles. The van der Waals surface area contributed by atoms with Gasteiger partial charge in [-0.3, -0.25) is 28.3 Å². The van der Waals surface area contributed by atoms with Crippen molar-refractivity contribution in [2.45, 2.75) is 77.5 Å². The van der Waals surface area contributed by atoms with Crippen LogP contribution in [-0.4, -0.2) is 40.9 Å². The van der Waals surface area contributed by atoms with Crippen LogP contribution in [0.25, 0.3) is 43.6 Å². The maximum Gasteiger partial charge on any atom is 0.262 e. The van der Waals surface area contributed by atoms with E-state index < -0.39 is 12.1 Å². The molecule has 0 radical (unpaired) electrons. The molecule has 0 fully saturated rings. The van der Waals surface area contributed by atoms with Crippen LogP contribution in [-0.2, 0) is 22.4 Å². The average molecular weight is 1050 g/mol. The van der Waals surface area contributed by atoms with Gasteiger partial charge in [0.15, 0.2) is 0 Å². The molecule has 4 atom stereocenters. The molecule has 62 heavy (non-hydrogen) atoms. The van der Waals surface area contributed by atoms with Crippen LogP contribution in [0.5, 0.6) is 0 Å². The summed E-state index contributed by atoms with van der Waals surface area (Å²) < 4.78 is 5.21.